The second kappa shape index (κ2) is 3.15. The van der Waals surface area contributed by atoms with Crippen molar-refractivity contribution in [3.05, 3.63) is 34.7 Å². The number of fused-ring (bicyclic) bond motifs is 1. The van der Waals surface area contributed by atoms with Crippen molar-refractivity contribution in [3.8, 4) is 0 Å². The minimum Gasteiger partial charge on any atom is -0.144 e. The Morgan fingerprint density at radius 3 is 2.69 bits per heavy atom. The van der Waals surface area contributed by atoms with Gasteiger partial charge in [-0.05, 0) is 40.8 Å². The van der Waals surface area contributed by atoms with Gasteiger partial charge in [0.15, 0.2) is 0 Å². The predicted octanol–water partition coefficient (Wildman–Crippen LogP) is 4.33. The van der Waals surface area contributed by atoms with E-state index in [0.29, 0.717) is 5.92 Å². The number of benzene rings is 1. The summed E-state index contributed by atoms with van der Waals surface area (Å²) in [5.41, 5.74) is 2.90. The lowest BCUT2D eigenvalue weighted by Gasteiger charge is -2.07. The number of thiophene rings is 1. The number of rotatable bonds is 1. The minimum absolute atomic E-state index is 0.622. The summed E-state index contributed by atoms with van der Waals surface area (Å²) >= 11 is 1.85. The van der Waals surface area contributed by atoms with E-state index in [-0.39, 0.29) is 0 Å². The number of hydrogen-bond acceptors (Lipinski definition) is 1. The molecule has 0 aliphatic heterocycles. The fourth-order valence-electron chi connectivity index (χ4n) is 1.76. The van der Waals surface area contributed by atoms with Gasteiger partial charge in [-0.2, -0.15) is 0 Å². The van der Waals surface area contributed by atoms with Gasteiger partial charge in [-0.15, -0.1) is 11.3 Å². The molecule has 0 radical (unpaired) electrons. The topological polar surface area (TPSA) is 0 Å². The highest BCUT2D eigenvalue weighted by molar-refractivity contribution is 7.17. The van der Waals surface area contributed by atoms with Crippen LogP contribution in [0.3, 0.4) is 0 Å². The van der Waals surface area contributed by atoms with E-state index in [1.54, 1.807) is 0 Å². The molecule has 0 atom stereocenters. The average Bonchev–Trinajstić information content (AvgIpc) is 2.48. The van der Waals surface area contributed by atoms with Gasteiger partial charge in [-0.1, -0.05) is 26.0 Å². The minimum atomic E-state index is 0.622. The van der Waals surface area contributed by atoms with Crippen molar-refractivity contribution in [2.45, 2.75) is 26.7 Å². The van der Waals surface area contributed by atoms with Crippen molar-refractivity contribution >= 4 is 21.4 Å². The van der Waals surface area contributed by atoms with Crippen LogP contribution in [0.25, 0.3) is 10.1 Å². The molecule has 68 valence electrons. The summed E-state index contributed by atoms with van der Waals surface area (Å²) in [7, 11) is 0. The largest absolute Gasteiger partial charge is 0.144 e. The molecular weight excluding hydrogens is 176 g/mol. The normalized spacial score (nSPS) is 11.4. The first-order valence-electron chi connectivity index (χ1n) is 4.67. The van der Waals surface area contributed by atoms with E-state index in [1.807, 2.05) is 11.3 Å². The Kier molecular flexibility index (Phi) is 2.12. The third-order valence-electron chi connectivity index (χ3n) is 2.44. The van der Waals surface area contributed by atoms with Gasteiger partial charge in [0.05, 0.1) is 0 Å². The van der Waals surface area contributed by atoms with Crippen LogP contribution in [0.1, 0.15) is 30.9 Å². The highest BCUT2D eigenvalue weighted by Gasteiger charge is 2.07. The Hall–Kier alpha value is -0.820. The zero-order valence-corrected chi connectivity index (χ0v) is 9.11. The molecule has 0 unspecified atom stereocenters. The Morgan fingerprint density at radius 1 is 1.23 bits per heavy atom. The van der Waals surface area contributed by atoms with Crippen LogP contribution in [0, 0.1) is 6.92 Å². The maximum atomic E-state index is 2.26. The van der Waals surface area contributed by atoms with E-state index < -0.39 is 0 Å². The molecule has 1 heteroatoms. The fraction of sp³-hybridized carbons (Fsp3) is 0.333. The molecule has 0 spiro atoms. The molecule has 0 N–H and O–H groups in total. The standard InChI is InChI=1S/C12H14S/c1-8(2)10-5-4-6-11-12(10)9(3)7-13-11/h4-8H,1-3H3. The van der Waals surface area contributed by atoms with Crippen molar-refractivity contribution in [3.63, 3.8) is 0 Å². The molecule has 0 saturated heterocycles. The highest BCUT2D eigenvalue weighted by Crippen LogP contribution is 2.32. The fourth-order valence-corrected chi connectivity index (χ4v) is 2.74. The second-order valence-electron chi connectivity index (χ2n) is 3.79. The van der Waals surface area contributed by atoms with E-state index in [1.165, 1.54) is 21.2 Å². The molecule has 2 rings (SSSR count). The Morgan fingerprint density at radius 2 is 2.00 bits per heavy atom. The van der Waals surface area contributed by atoms with Crippen LogP contribution >= 0.6 is 11.3 Å². The van der Waals surface area contributed by atoms with Crippen LogP contribution in [0.5, 0.6) is 0 Å². The summed E-state index contributed by atoms with van der Waals surface area (Å²) < 4.78 is 1.42. The van der Waals surface area contributed by atoms with E-state index in [9.17, 15) is 0 Å². The lowest BCUT2D eigenvalue weighted by Crippen LogP contribution is -1.87. The molecular formula is C12H14S. The molecule has 1 aromatic carbocycles. The number of hydrogen-bond donors (Lipinski definition) is 0. The van der Waals surface area contributed by atoms with Crippen LogP contribution in [0.15, 0.2) is 23.6 Å². The summed E-state index contributed by atoms with van der Waals surface area (Å²) in [5, 5.41) is 3.72. The summed E-state index contributed by atoms with van der Waals surface area (Å²) in [6.45, 7) is 6.71. The first kappa shape index (κ1) is 8.76. The molecule has 2 aromatic rings. The van der Waals surface area contributed by atoms with Crippen LogP contribution in [0.4, 0.5) is 0 Å². The molecule has 0 aliphatic carbocycles. The van der Waals surface area contributed by atoms with E-state index in [2.05, 4.69) is 44.4 Å². The summed E-state index contributed by atoms with van der Waals surface area (Å²) in [5.74, 6) is 0.622. The van der Waals surface area contributed by atoms with Gasteiger partial charge >= 0.3 is 0 Å². The summed E-state index contributed by atoms with van der Waals surface area (Å²) in [6.07, 6.45) is 0. The van der Waals surface area contributed by atoms with Crippen LogP contribution < -0.4 is 0 Å². The van der Waals surface area contributed by atoms with Crippen molar-refractivity contribution in [2.75, 3.05) is 0 Å². The quantitative estimate of drug-likeness (QED) is 0.627. The molecule has 0 aliphatic rings. The SMILES string of the molecule is Cc1csc2cccc(C(C)C)c12. The zero-order valence-electron chi connectivity index (χ0n) is 8.29. The molecule has 0 amide bonds. The monoisotopic (exact) mass is 190 g/mol. The molecule has 0 nitrogen and oxygen atoms in total. The first-order valence-corrected chi connectivity index (χ1v) is 5.55. The predicted molar refractivity (Wildman–Crippen MR) is 60.7 cm³/mol. The third kappa shape index (κ3) is 1.37. The van der Waals surface area contributed by atoms with Crippen LogP contribution in [-0.2, 0) is 0 Å². The average molecular weight is 190 g/mol. The van der Waals surface area contributed by atoms with E-state index in [0.717, 1.165) is 0 Å². The van der Waals surface area contributed by atoms with Crippen molar-refractivity contribution in [1.82, 2.24) is 0 Å². The number of aryl methyl sites for hydroxylation is 1. The highest BCUT2D eigenvalue weighted by atomic mass is 32.1. The molecule has 0 bridgehead atoms. The van der Waals surface area contributed by atoms with Crippen molar-refractivity contribution < 1.29 is 0 Å². The van der Waals surface area contributed by atoms with E-state index >= 15 is 0 Å². The molecule has 0 saturated carbocycles. The summed E-state index contributed by atoms with van der Waals surface area (Å²) in [4.78, 5) is 0. The Balaban J connectivity index is 2.80. The summed E-state index contributed by atoms with van der Waals surface area (Å²) in [6, 6.07) is 6.61. The van der Waals surface area contributed by atoms with Gasteiger partial charge in [0.1, 0.15) is 0 Å². The van der Waals surface area contributed by atoms with Gasteiger partial charge in [-0.3, -0.25) is 0 Å². The van der Waals surface area contributed by atoms with Gasteiger partial charge in [0.2, 0.25) is 0 Å². The molecule has 13 heavy (non-hydrogen) atoms. The maximum Gasteiger partial charge on any atom is 0.0348 e. The Labute approximate surface area is 83.2 Å². The first-order chi connectivity index (χ1) is 6.20. The zero-order chi connectivity index (χ0) is 9.42. The smallest absolute Gasteiger partial charge is 0.0348 e. The van der Waals surface area contributed by atoms with Crippen molar-refractivity contribution in [1.29, 1.82) is 0 Å². The van der Waals surface area contributed by atoms with Crippen LogP contribution in [-0.4, -0.2) is 0 Å². The van der Waals surface area contributed by atoms with Gasteiger partial charge in [-0.25, -0.2) is 0 Å². The molecule has 0 fully saturated rings. The lowest BCUT2D eigenvalue weighted by atomic mass is 9.98. The third-order valence-corrected chi connectivity index (χ3v) is 3.50. The Bertz CT molecular complexity index is 424. The van der Waals surface area contributed by atoms with E-state index in [4.69, 9.17) is 0 Å². The maximum absolute atomic E-state index is 2.26. The molecule has 1 heterocycles. The van der Waals surface area contributed by atoms with Gasteiger partial charge in [0, 0.05) is 4.70 Å². The molecule has 1 aromatic heterocycles. The lowest BCUT2D eigenvalue weighted by molar-refractivity contribution is 0.876. The van der Waals surface area contributed by atoms with Crippen molar-refractivity contribution in [2.24, 2.45) is 0 Å². The van der Waals surface area contributed by atoms with Gasteiger partial charge < -0.3 is 0 Å². The van der Waals surface area contributed by atoms with Crippen LogP contribution in [0.2, 0.25) is 0 Å². The van der Waals surface area contributed by atoms with Gasteiger partial charge in [0.25, 0.3) is 0 Å². The second-order valence-corrected chi connectivity index (χ2v) is 4.71.